The Morgan fingerprint density at radius 1 is 0.833 bits per heavy atom. The quantitative estimate of drug-likeness (QED) is 0.409. The van der Waals surface area contributed by atoms with Crippen LogP contribution in [0.25, 0.3) is 10.9 Å². The molecule has 1 aliphatic heterocycles. The molecular weight excluding hydrogens is 491 g/mol. The number of halogens is 3. The lowest BCUT2D eigenvalue weighted by Crippen LogP contribution is -2.48. The van der Waals surface area contributed by atoms with Crippen LogP contribution in [0.1, 0.15) is 5.56 Å². The second kappa shape index (κ2) is 9.40. The minimum absolute atomic E-state index is 0.175. The zero-order valence-electron chi connectivity index (χ0n) is 19.0. The van der Waals surface area contributed by atoms with E-state index in [0.29, 0.717) is 42.9 Å². The predicted molar refractivity (Wildman–Crippen MR) is 132 cm³/mol. The summed E-state index contributed by atoms with van der Waals surface area (Å²) in [5, 5.41) is 3.67. The molecule has 7 nitrogen and oxygen atoms in total. The molecule has 0 saturated carbocycles. The van der Waals surface area contributed by atoms with Gasteiger partial charge in [-0.1, -0.05) is 12.1 Å². The summed E-state index contributed by atoms with van der Waals surface area (Å²) in [6, 6.07) is 17.0. The maximum absolute atomic E-state index is 13.2. The van der Waals surface area contributed by atoms with Crippen molar-refractivity contribution in [3.8, 4) is 0 Å². The number of nitrogens with one attached hydrogen (secondary N) is 1. The Hall–Kier alpha value is -3.70. The van der Waals surface area contributed by atoms with Gasteiger partial charge in [0.05, 0.1) is 16.0 Å². The Labute approximate surface area is 206 Å². The fourth-order valence-corrected chi connectivity index (χ4v) is 5.57. The lowest BCUT2D eigenvalue weighted by molar-refractivity contribution is -0.137. The minimum Gasteiger partial charge on any atom is -0.355 e. The van der Waals surface area contributed by atoms with Gasteiger partial charge in [-0.05, 0) is 54.6 Å². The monoisotopic (exact) mass is 513 g/mol. The number of sulfonamides is 1. The third-order valence-corrected chi connectivity index (χ3v) is 7.97. The molecule has 0 aliphatic carbocycles. The van der Waals surface area contributed by atoms with Crippen molar-refractivity contribution < 1.29 is 21.6 Å². The molecule has 1 aliphatic rings. The number of benzene rings is 2. The predicted octanol–water partition coefficient (Wildman–Crippen LogP) is 4.90. The smallest absolute Gasteiger partial charge is 0.355 e. The van der Waals surface area contributed by atoms with E-state index < -0.39 is 21.8 Å². The molecule has 36 heavy (non-hydrogen) atoms. The van der Waals surface area contributed by atoms with Crippen molar-refractivity contribution >= 4 is 38.1 Å². The van der Waals surface area contributed by atoms with E-state index in [-0.39, 0.29) is 10.4 Å². The van der Waals surface area contributed by atoms with E-state index in [2.05, 4.69) is 20.2 Å². The maximum atomic E-state index is 13.2. The van der Waals surface area contributed by atoms with Gasteiger partial charge in [-0.2, -0.15) is 17.5 Å². The number of nitrogens with zero attached hydrogens (tertiary/aromatic N) is 4. The van der Waals surface area contributed by atoms with Crippen LogP contribution in [0.3, 0.4) is 0 Å². The van der Waals surface area contributed by atoms with Crippen LogP contribution >= 0.6 is 0 Å². The molecule has 3 heterocycles. The number of hydrogen-bond acceptors (Lipinski definition) is 6. The van der Waals surface area contributed by atoms with Gasteiger partial charge in [0.2, 0.25) is 10.0 Å². The summed E-state index contributed by atoms with van der Waals surface area (Å²) in [4.78, 5) is 10.6. The SMILES string of the molecule is O=S(=O)(c1ccc(Nc2ccnc3cc(C(F)(F)F)ccc23)cc1)N1CCN(c2ccccn2)CC1. The first-order valence-electron chi connectivity index (χ1n) is 11.2. The number of anilines is 3. The molecule has 0 bridgehead atoms. The van der Waals surface area contributed by atoms with Gasteiger partial charge in [0.25, 0.3) is 0 Å². The standard InChI is InChI=1S/C25H22F3N5O2S/c26-25(27,28)18-4-9-21-22(10-12-29-23(21)17-18)31-19-5-7-20(8-6-19)36(34,35)33-15-13-32(14-16-33)24-3-1-2-11-30-24/h1-12,17H,13-16H2,(H,29,31). The summed E-state index contributed by atoms with van der Waals surface area (Å²) < 4.78 is 66.9. The molecule has 1 fully saturated rings. The zero-order chi connectivity index (χ0) is 25.3. The number of hydrogen-bond donors (Lipinski definition) is 1. The maximum Gasteiger partial charge on any atom is 0.416 e. The topological polar surface area (TPSA) is 78.4 Å². The summed E-state index contributed by atoms with van der Waals surface area (Å²) in [7, 11) is -3.67. The molecule has 1 N–H and O–H groups in total. The number of alkyl halides is 3. The zero-order valence-corrected chi connectivity index (χ0v) is 19.8. The highest BCUT2D eigenvalue weighted by molar-refractivity contribution is 7.89. The number of pyridine rings is 2. The summed E-state index contributed by atoms with van der Waals surface area (Å²) in [5.41, 5.74) is 0.602. The third kappa shape index (κ3) is 4.84. The van der Waals surface area contributed by atoms with E-state index in [1.54, 1.807) is 24.4 Å². The highest BCUT2D eigenvalue weighted by Crippen LogP contribution is 2.33. The van der Waals surface area contributed by atoms with Gasteiger partial charge in [-0.15, -0.1) is 0 Å². The molecular formula is C25H22F3N5O2S. The Morgan fingerprint density at radius 2 is 1.58 bits per heavy atom. The van der Waals surface area contributed by atoms with Gasteiger partial charge >= 0.3 is 6.18 Å². The summed E-state index contributed by atoms with van der Waals surface area (Å²) in [5.74, 6) is 0.822. The van der Waals surface area contributed by atoms with Crippen LogP contribution in [-0.4, -0.2) is 48.9 Å². The summed E-state index contributed by atoms with van der Waals surface area (Å²) in [6.07, 6.45) is -1.32. The third-order valence-electron chi connectivity index (χ3n) is 6.05. The summed E-state index contributed by atoms with van der Waals surface area (Å²) in [6.45, 7) is 1.78. The van der Waals surface area contributed by atoms with Crippen molar-refractivity contribution in [2.24, 2.45) is 0 Å². The molecule has 0 amide bonds. The van der Waals surface area contributed by atoms with E-state index >= 15 is 0 Å². The average molecular weight is 514 g/mol. The van der Waals surface area contributed by atoms with E-state index in [0.717, 1.165) is 18.0 Å². The Bertz CT molecular complexity index is 1470. The molecule has 0 spiro atoms. The van der Waals surface area contributed by atoms with Crippen molar-refractivity contribution in [2.75, 3.05) is 36.4 Å². The van der Waals surface area contributed by atoms with Crippen LogP contribution in [0.5, 0.6) is 0 Å². The summed E-state index contributed by atoms with van der Waals surface area (Å²) >= 11 is 0. The van der Waals surface area contributed by atoms with Crippen molar-refractivity contribution in [2.45, 2.75) is 11.1 Å². The van der Waals surface area contributed by atoms with Crippen LogP contribution < -0.4 is 10.2 Å². The Balaban J connectivity index is 1.30. The average Bonchev–Trinajstić information content (AvgIpc) is 2.89. The molecule has 2 aromatic heterocycles. The van der Waals surface area contributed by atoms with Crippen molar-refractivity contribution in [1.82, 2.24) is 14.3 Å². The van der Waals surface area contributed by atoms with Crippen LogP contribution in [0, 0.1) is 0 Å². The van der Waals surface area contributed by atoms with Crippen molar-refractivity contribution in [3.05, 3.63) is 84.7 Å². The molecule has 5 rings (SSSR count). The van der Waals surface area contributed by atoms with E-state index in [1.807, 2.05) is 18.2 Å². The Morgan fingerprint density at radius 3 is 2.25 bits per heavy atom. The largest absolute Gasteiger partial charge is 0.416 e. The van der Waals surface area contributed by atoms with E-state index in [1.165, 1.54) is 28.7 Å². The minimum atomic E-state index is -4.45. The number of piperazine rings is 1. The molecule has 11 heteroatoms. The lowest BCUT2D eigenvalue weighted by Gasteiger charge is -2.34. The van der Waals surface area contributed by atoms with Gasteiger partial charge in [0.15, 0.2) is 0 Å². The Kier molecular flexibility index (Phi) is 6.27. The molecule has 186 valence electrons. The molecule has 0 unspecified atom stereocenters. The first-order valence-corrected chi connectivity index (χ1v) is 12.6. The van der Waals surface area contributed by atoms with Gasteiger partial charge in [0, 0.05) is 55.3 Å². The first-order chi connectivity index (χ1) is 17.2. The highest BCUT2D eigenvalue weighted by atomic mass is 32.2. The number of rotatable bonds is 5. The van der Waals surface area contributed by atoms with Crippen LogP contribution in [-0.2, 0) is 16.2 Å². The lowest BCUT2D eigenvalue weighted by atomic mass is 10.1. The normalized spacial score (nSPS) is 15.2. The van der Waals surface area contributed by atoms with Crippen LogP contribution in [0.4, 0.5) is 30.4 Å². The highest BCUT2D eigenvalue weighted by Gasteiger charge is 2.31. The van der Waals surface area contributed by atoms with Crippen LogP contribution in [0.15, 0.2) is 84.0 Å². The fourth-order valence-electron chi connectivity index (χ4n) is 4.15. The van der Waals surface area contributed by atoms with Crippen molar-refractivity contribution in [1.29, 1.82) is 0 Å². The molecule has 1 saturated heterocycles. The molecule has 0 atom stereocenters. The van der Waals surface area contributed by atoms with E-state index in [9.17, 15) is 21.6 Å². The van der Waals surface area contributed by atoms with Gasteiger partial charge in [-0.3, -0.25) is 4.98 Å². The van der Waals surface area contributed by atoms with Gasteiger partial charge in [-0.25, -0.2) is 13.4 Å². The van der Waals surface area contributed by atoms with Gasteiger partial charge < -0.3 is 10.2 Å². The van der Waals surface area contributed by atoms with Crippen molar-refractivity contribution in [3.63, 3.8) is 0 Å². The molecule has 2 aromatic carbocycles. The molecule has 0 radical (unpaired) electrons. The number of fused-ring (bicyclic) bond motifs is 1. The van der Waals surface area contributed by atoms with Crippen LogP contribution in [0.2, 0.25) is 0 Å². The molecule has 4 aromatic rings. The van der Waals surface area contributed by atoms with E-state index in [4.69, 9.17) is 0 Å². The first kappa shape index (κ1) is 24.0. The number of aromatic nitrogens is 2. The second-order valence-corrected chi connectivity index (χ2v) is 10.3. The fraction of sp³-hybridized carbons (Fsp3) is 0.200. The second-order valence-electron chi connectivity index (χ2n) is 8.32. The van der Waals surface area contributed by atoms with Gasteiger partial charge in [0.1, 0.15) is 5.82 Å².